The van der Waals surface area contributed by atoms with Crippen LogP contribution in [0.15, 0.2) is 24.3 Å². The van der Waals surface area contributed by atoms with Crippen LogP contribution in [-0.2, 0) is 0 Å². The maximum Gasteiger partial charge on any atom is 0.119 e. The van der Waals surface area contributed by atoms with Crippen molar-refractivity contribution in [1.29, 1.82) is 0 Å². The standard InChI is InChI=1S/C15H25NO2/c1-10(2)16-12(5)15(17)13-6-8-14(9-7-13)18-11(3)4/h6-12,15-17H,1-5H3. The number of aliphatic hydroxyl groups excluding tert-OH is 1. The smallest absolute Gasteiger partial charge is 0.119 e. The van der Waals surface area contributed by atoms with Crippen LogP contribution in [0.1, 0.15) is 46.3 Å². The Morgan fingerprint density at radius 3 is 2.00 bits per heavy atom. The minimum atomic E-state index is -0.500. The van der Waals surface area contributed by atoms with Crippen molar-refractivity contribution >= 4 is 0 Å². The lowest BCUT2D eigenvalue weighted by Crippen LogP contribution is -2.36. The third-order valence-electron chi connectivity index (χ3n) is 2.66. The summed E-state index contributed by atoms with van der Waals surface area (Å²) in [7, 11) is 0. The van der Waals surface area contributed by atoms with Crippen LogP contribution in [0, 0.1) is 0 Å². The van der Waals surface area contributed by atoms with Gasteiger partial charge in [0, 0.05) is 12.1 Å². The predicted octanol–water partition coefficient (Wildman–Crippen LogP) is 2.89. The number of benzene rings is 1. The third kappa shape index (κ3) is 4.67. The summed E-state index contributed by atoms with van der Waals surface area (Å²) in [4.78, 5) is 0. The van der Waals surface area contributed by atoms with Gasteiger partial charge in [-0.3, -0.25) is 0 Å². The lowest BCUT2D eigenvalue weighted by Gasteiger charge is -2.23. The first-order valence-corrected chi connectivity index (χ1v) is 6.61. The molecule has 0 aliphatic heterocycles. The van der Waals surface area contributed by atoms with Crippen LogP contribution in [0.25, 0.3) is 0 Å². The Hall–Kier alpha value is -1.06. The van der Waals surface area contributed by atoms with E-state index in [4.69, 9.17) is 4.74 Å². The monoisotopic (exact) mass is 251 g/mol. The van der Waals surface area contributed by atoms with Crippen LogP contribution in [0.5, 0.6) is 5.75 Å². The summed E-state index contributed by atoms with van der Waals surface area (Å²) in [6.07, 6.45) is -0.331. The highest BCUT2D eigenvalue weighted by Gasteiger charge is 2.16. The average Bonchev–Trinajstić information content (AvgIpc) is 2.27. The van der Waals surface area contributed by atoms with Crippen LogP contribution in [0.4, 0.5) is 0 Å². The van der Waals surface area contributed by atoms with E-state index in [0.29, 0.717) is 6.04 Å². The molecular weight excluding hydrogens is 226 g/mol. The Morgan fingerprint density at radius 2 is 1.56 bits per heavy atom. The molecule has 102 valence electrons. The quantitative estimate of drug-likeness (QED) is 0.817. The van der Waals surface area contributed by atoms with Crippen LogP contribution in [-0.4, -0.2) is 23.3 Å². The fraction of sp³-hybridized carbons (Fsp3) is 0.600. The maximum absolute atomic E-state index is 10.2. The number of hydrogen-bond acceptors (Lipinski definition) is 3. The molecule has 0 amide bonds. The minimum absolute atomic E-state index is 0.0295. The number of aliphatic hydroxyl groups is 1. The summed E-state index contributed by atoms with van der Waals surface area (Å²) >= 11 is 0. The number of ether oxygens (including phenoxy) is 1. The zero-order valence-electron chi connectivity index (χ0n) is 12.0. The topological polar surface area (TPSA) is 41.5 Å². The maximum atomic E-state index is 10.2. The zero-order chi connectivity index (χ0) is 13.7. The Kier molecular flexibility index (Phi) is 5.63. The van der Waals surface area contributed by atoms with Gasteiger partial charge in [-0.15, -0.1) is 0 Å². The van der Waals surface area contributed by atoms with Crippen molar-refractivity contribution in [2.75, 3.05) is 0 Å². The molecule has 2 N–H and O–H groups in total. The summed E-state index contributed by atoms with van der Waals surface area (Å²) in [6, 6.07) is 8.03. The predicted molar refractivity (Wildman–Crippen MR) is 74.9 cm³/mol. The molecule has 1 aromatic rings. The molecule has 3 nitrogen and oxygen atoms in total. The van der Waals surface area contributed by atoms with Gasteiger partial charge in [0.2, 0.25) is 0 Å². The van der Waals surface area contributed by atoms with E-state index in [0.717, 1.165) is 11.3 Å². The summed E-state index contributed by atoms with van der Waals surface area (Å²) < 4.78 is 5.58. The Bertz CT molecular complexity index is 346. The molecule has 0 saturated heterocycles. The minimum Gasteiger partial charge on any atom is -0.491 e. The van der Waals surface area contributed by atoms with Gasteiger partial charge in [0.25, 0.3) is 0 Å². The lowest BCUT2D eigenvalue weighted by atomic mass is 10.0. The van der Waals surface area contributed by atoms with Gasteiger partial charge >= 0.3 is 0 Å². The Labute approximate surface area is 110 Å². The van der Waals surface area contributed by atoms with Gasteiger partial charge in [-0.1, -0.05) is 26.0 Å². The van der Waals surface area contributed by atoms with Crippen LogP contribution in [0.2, 0.25) is 0 Å². The van der Waals surface area contributed by atoms with Crippen molar-refractivity contribution in [1.82, 2.24) is 5.32 Å². The second kappa shape index (κ2) is 6.76. The molecule has 0 heterocycles. The van der Waals surface area contributed by atoms with E-state index < -0.39 is 6.10 Å². The second-order valence-electron chi connectivity index (χ2n) is 5.29. The molecule has 0 saturated carbocycles. The molecule has 0 fully saturated rings. The molecule has 0 aromatic heterocycles. The van der Waals surface area contributed by atoms with Crippen molar-refractivity contribution in [3.05, 3.63) is 29.8 Å². The molecule has 18 heavy (non-hydrogen) atoms. The van der Waals surface area contributed by atoms with Crippen LogP contribution >= 0.6 is 0 Å². The molecule has 2 atom stereocenters. The molecule has 0 bridgehead atoms. The summed E-state index contributed by atoms with van der Waals surface area (Å²) in [5.74, 6) is 0.838. The average molecular weight is 251 g/mol. The Morgan fingerprint density at radius 1 is 1.00 bits per heavy atom. The molecule has 0 aliphatic carbocycles. The third-order valence-corrected chi connectivity index (χ3v) is 2.66. The highest BCUT2D eigenvalue weighted by molar-refractivity contribution is 5.29. The molecule has 1 aromatic carbocycles. The first-order valence-electron chi connectivity index (χ1n) is 6.61. The second-order valence-corrected chi connectivity index (χ2v) is 5.29. The lowest BCUT2D eigenvalue weighted by molar-refractivity contribution is 0.131. The van der Waals surface area contributed by atoms with E-state index in [-0.39, 0.29) is 12.1 Å². The van der Waals surface area contributed by atoms with E-state index in [9.17, 15) is 5.11 Å². The molecule has 3 heteroatoms. The van der Waals surface area contributed by atoms with Crippen molar-refractivity contribution in [2.45, 2.75) is 58.9 Å². The van der Waals surface area contributed by atoms with E-state index in [1.54, 1.807) is 0 Å². The molecule has 2 unspecified atom stereocenters. The van der Waals surface area contributed by atoms with Crippen LogP contribution in [0.3, 0.4) is 0 Å². The normalized spacial score (nSPS) is 14.9. The Balaban J connectivity index is 2.66. The van der Waals surface area contributed by atoms with E-state index >= 15 is 0 Å². The van der Waals surface area contributed by atoms with Crippen molar-refractivity contribution in [2.24, 2.45) is 0 Å². The summed E-state index contributed by atoms with van der Waals surface area (Å²) in [5.41, 5.74) is 0.909. The van der Waals surface area contributed by atoms with Gasteiger partial charge in [0.15, 0.2) is 0 Å². The van der Waals surface area contributed by atoms with Gasteiger partial charge in [-0.2, -0.15) is 0 Å². The SMILES string of the molecule is CC(C)NC(C)C(O)c1ccc(OC(C)C)cc1. The highest BCUT2D eigenvalue weighted by atomic mass is 16.5. The van der Waals surface area contributed by atoms with E-state index in [1.165, 1.54) is 0 Å². The number of rotatable bonds is 6. The summed E-state index contributed by atoms with van der Waals surface area (Å²) in [6.45, 7) is 10.1. The van der Waals surface area contributed by atoms with Gasteiger partial charge in [0.05, 0.1) is 12.2 Å². The first-order chi connectivity index (χ1) is 8.40. The molecular formula is C15H25NO2. The molecule has 0 spiro atoms. The van der Waals surface area contributed by atoms with Crippen molar-refractivity contribution < 1.29 is 9.84 Å². The molecule has 0 aliphatic rings. The fourth-order valence-electron chi connectivity index (χ4n) is 1.92. The molecule has 1 rings (SSSR count). The zero-order valence-corrected chi connectivity index (χ0v) is 12.0. The highest BCUT2D eigenvalue weighted by Crippen LogP contribution is 2.21. The summed E-state index contributed by atoms with van der Waals surface area (Å²) in [5, 5.41) is 13.5. The van der Waals surface area contributed by atoms with E-state index in [2.05, 4.69) is 19.2 Å². The van der Waals surface area contributed by atoms with Gasteiger partial charge in [-0.25, -0.2) is 0 Å². The van der Waals surface area contributed by atoms with Crippen molar-refractivity contribution in [3.63, 3.8) is 0 Å². The largest absolute Gasteiger partial charge is 0.491 e. The number of nitrogens with one attached hydrogen (secondary N) is 1. The molecule has 0 radical (unpaired) electrons. The van der Waals surface area contributed by atoms with Gasteiger partial charge in [-0.05, 0) is 38.5 Å². The van der Waals surface area contributed by atoms with Crippen molar-refractivity contribution in [3.8, 4) is 5.75 Å². The van der Waals surface area contributed by atoms with E-state index in [1.807, 2.05) is 45.0 Å². The first kappa shape index (κ1) is 15.0. The van der Waals surface area contributed by atoms with Crippen LogP contribution < -0.4 is 10.1 Å². The number of hydrogen-bond donors (Lipinski definition) is 2. The van der Waals surface area contributed by atoms with Gasteiger partial charge < -0.3 is 15.2 Å². The fourth-order valence-corrected chi connectivity index (χ4v) is 1.92. The van der Waals surface area contributed by atoms with Gasteiger partial charge in [0.1, 0.15) is 5.75 Å².